The third-order valence-corrected chi connectivity index (χ3v) is 1.22. The highest BCUT2D eigenvalue weighted by atomic mass is 14.8. The van der Waals surface area contributed by atoms with E-state index >= 15 is 0 Å². The molecule has 0 aliphatic carbocycles. The molecule has 0 aliphatic heterocycles. The number of pyridine rings is 1. The highest BCUT2D eigenvalue weighted by molar-refractivity contribution is 5.56. The summed E-state index contributed by atoms with van der Waals surface area (Å²) in [7, 11) is 0. The van der Waals surface area contributed by atoms with Gasteiger partial charge < -0.3 is 11.5 Å². The van der Waals surface area contributed by atoms with Crippen LogP contribution in [0.2, 0.25) is 0 Å². The molecule has 0 saturated heterocycles. The van der Waals surface area contributed by atoms with Crippen molar-refractivity contribution in [3.63, 3.8) is 0 Å². The van der Waals surface area contributed by atoms with Crippen molar-refractivity contribution in [1.29, 1.82) is 0 Å². The van der Waals surface area contributed by atoms with Crippen molar-refractivity contribution in [2.24, 2.45) is 0 Å². The number of aromatic nitrogens is 1. The van der Waals surface area contributed by atoms with Gasteiger partial charge in [-0.2, -0.15) is 0 Å². The molecule has 0 aromatic carbocycles. The van der Waals surface area contributed by atoms with E-state index in [9.17, 15) is 0 Å². The lowest BCUT2D eigenvalue weighted by Crippen LogP contribution is -1.95. The minimum absolute atomic E-state index is 0.457. The van der Waals surface area contributed by atoms with Gasteiger partial charge in [0.2, 0.25) is 0 Å². The summed E-state index contributed by atoms with van der Waals surface area (Å²) in [4.78, 5) is 4.03. The molecule has 4 N–H and O–H groups in total. The second-order valence-electron chi connectivity index (χ2n) is 2.25. The van der Waals surface area contributed by atoms with Gasteiger partial charge in [-0.05, 0) is 19.1 Å². The van der Waals surface area contributed by atoms with E-state index < -0.39 is 0 Å². The predicted molar refractivity (Wildman–Crippen MR) is 47.8 cm³/mol. The molecule has 1 rings (SSSR count). The predicted octanol–water partition coefficient (Wildman–Crippen LogP) is 1.28. The molecule has 0 bridgehead atoms. The summed E-state index contributed by atoms with van der Waals surface area (Å²) in [5.41, 5.74) is 12.4. The molecule has 1 aromatic heterocycles. The molecule has 0 spiro atoms. The molecule has 0 amide bonds. The summed E-state index contributed by atoms with van der Waals surface area (Å²) in [6.45, 7) is 1.92. The van der Waals surface area contributed by atoms with Crippen LogP contribution in [0.25, 0.3) is 6.08 Å². The number of nitrogen functional groups attached to an aromatic ring is 2. The molecule has 11 heavy (non-hydrogen) atoms. The Morgan fingerprint density at radius 1 is 1.36 bits per heavy atom. The zero-order valence-corrected chi connectivity index (χ0v) is 6.41. The SMILES string of the molecule is C/C=C/c1cc(N)cc(N)n1. The lowest BCUT2D eigenvalue weighted by molar-refractivity contribution is 1.30. The number of nitrogens with zero attached hydrogens (tertiary/aromatic N) is 1. The van der Waals surface area contributed by atoms with Gasteiger partial charge in [-0.1, -0.05) is 6.08 Å². The standard InChI is InChI=1S/C8H11N3/c1-2-3-7-4-6(9)5-8(10)11-7/h2-5H,1H3,(H4,9,10,11)/b3-2+. The minimum Gasteiger partial charge on any atom is -0.399 e. The van der Waals surface area contributed by atoms with Gasteiger partial charge in [0.05, 0.1) is 5.69 Å². The molecule has 3 nitrogen and oxygen atoms in total. The second kappa shape index (κ2) is 3.05. The van der Waals surface area contributed by atoms with Crippen molar-refractivity contribution >= 4 is 17.6 Å². The molecule has 0 atom stereocenters. The van der Waals surface area contributed by atoms with Crippen LogP contribution in [0.15, 0.2) is 18.2 Å². The fourth-order valence-electron chi connectivity index (χ4n) is 0.853. The highest BCUT2D eigenvalue weighted by Gasteiger charge is 1.92. The van der Waals surface area contributed by atoms with E-state index in [2.05, 4.69) is 4.98 Å². The zero-order chi connectivity index (χ0) is 8.27. The average molecular weight is 149 g/mol. The van der Waals surface area contributed by atoms with E-state index in [1.54, 1.807) is 12.1 Å². The Morgan fingerprint density at radius 2 is 2.09 bits per heavy atom. The van der Waals surface area contributed by atoms with Crippen molar-refractivity contribution in [1.82, 2.24) is 4.98 Å². The number of anilines is 2. The Kier molecular flexibility index (Phi) is 2.11. The number of hydrogen-bond donors (Lipinski definition) is 2. The number of nitrogens with two attached hydrogens (primary N) is 2. The van der Waals surface area contributed by atoms with Gasteiger partial charge in [-0.15, -0.1) is 0 Å². The molecule has 1 heterocycles. The van der Waals surface area contributed by atoms with E-state index in [1.807, 2.05) is 19.1 Å². The lowest BCUT2D eigenvalue weighted by Gasteiger charge is -1.97. The highest BCUT2D eigenvalue weighted by Crippen LogP contribution is 2.09. The van der Waals surface area contributed by atoms with E-state index in [1.165, 1.54) is 0 Å². The maximum atomic E-state index is 5.54. The summed E-state index contributed by atoms with van der Waals surface area (Å²) in [5, 5.41) is 0. The molecular weight excluding hydrogens is 138 g/mol. The maximum Gasteiger partial charge on any atom is 0.126 e. The van der Waals surface area contributed by atoms with Crippen LogP contribution >= 0.6 is 0 Å². The molecule has 0 saturated carbocycles. The molecule has 0 fully saturated rings. The largest absolute Gasteiger partial charge is 0.399 e. The molecule has 58 valence electrons. The second-order valence-corrected chi connectivity index (χ2v) is 2.25. The third-order valence-electron chi connectivity index (χ3n) is 1.22. The summed E-state index contributed by atoms with van der Waals surface area (Å²) in [6.07, 6.45) is 3.74. The summed E-state index contributed by atoms with van der Waals surface area (Å²) in [5.74, 6) is 0.457. The van der Waals surface area contributed by atoms with Gasteiger partial charge in [0, 0.05) is 11.8 Å². The normalized spacial score (nSPS) is 10.6. The number of hydrogen-bond acceptors (Lipinski definition) is 3. The summed E-state index contributed by atoms with van der Waals surface area (Å²) in [6, 6.07) is 3.41. The minimum atomic E-state index is 0.457. The van der Waals surface area contributed by atoms with Crippen LogP contribution in [0.1, 0.15) is 12.6 Å². The molecule has 3 heteroatoms. The summed E-state index contributed by atoms with van der Waals surface area (Å²) >= 11 is 0. The quantitative estimate of drug-likeness (QED) is 0.632. The fourth-order valence-corrected chi connectivity index (χ4v) is 0.853. The van der Waals surface area contributed by atoms with E-state index in [0.717, 1.165) is 5.69 Å². The first kappa shape index (κ1) is 7.60. The van der Waals surface area contributed by atoms with Crippen LogP contribution in [0.4, 0.5) is 11.5 Å². The first-order chi connectivity index (χ1) is 5.22. The number of rotatable bonds is 1. The van der Waals surface area contributed by atoms with Crippen molar-refractivity contribution < 1.29 is 0 Å². The first-order valence-corrected chi connectivity index (χ1v) is 3.38. The Morgan fingerprint density at radius 3 is 2.64 bits per heavy atom. The van der Waals surface area contributed by atoms with Crippen LogP contribution in [0.3, 0.4) is 0 Å². The van der Waals surface area contributed by atoms with E-state index in [-0.39, 0.29) is 0 Å². The molecular formula is C8H11N3. The topological polar surface area (TPSA) is 64.9 Å². The lowest BCUT2D eigenvalue weighted by atomic mass is 10.3. The van der Waals surface area contributed by atoms with Crippen molar-refractivity contribution in [3.05, 3.63) is 23.9 Å². The van der Waals surface area contributed by atoms with E-state index in [4.69, 9.17) is 11.5 Å². The molecule has 0 unspecified atom stereocenters. The fraction of sp³-hybridized carbons (Fsp3) is 0.125. The van der Waals surface area contributed by atoms with Crippen LogP contribution in [0, 0.1) is 0 Å². The van der Waals surface area contributed by atoms with Gasteiger partial charge in [0.1, 0.15) is 5.82 Å². The first-order valence-electron chi connectivity index (χ1n) is 3.38. The van der Waals surface area contributed by atoms with Crippen LogP contribution < -0.4 is 11.5 Å². The smallest absolute Gasteiger partial charge is 0.126 e. The molecule has 0 aliphatic rings. The Hall–Kier alpha value is -1.51. The van der Waals surface area contributed by atoms with Gasteiger partial charge in [0.25, 0.3) is 0 Å². The molecule has 0 radical (unpaired) electrons. The average Bonchev–Trinajstić information content (AvgIpc) is 1.85. The zero-order valence-electron chi connectivity index (χ0n) is 6.41. The monoisotopic (exact) mass is 149 g/mol. The van der Waals surface area contributed by atoms with Gasteiger partial charge >= 0.3 is 0 Å². The Balaban J connectivity index is 3.08. The summed E-state index contributed by atoms with van der Waals surface area (Å²) < 4.78 is 0. The van der Waals surface area contributed by atoms with Gasteiger partial charge in [0.15, 0.2) is 0 Å². The van der Waals surface area contributed by atoms with Crippen LogP contribution in [0.5, 0.6) is 0 Å². The van der Waals surface area contributed by atoms with Gasteiger partial charge in [-0.3, -0.25) is 0 Å². The van der Waals surface area contributed by atoms with Gasteiger partial charge in [-0.25, -0.2) is 4.98 Å². The third kappa shape index (κ3) is 1.97. The maximum absolute atomic E-state index is 5.54. The molecule has 1 aromatic rings. The Bertz CT molecular complexity index is 258. The Labute approximate surface area is 65.7 Å². The van der Waals surface area contributed by atoms with Crippen molar-refractivity contribution in [2.45, 2.75) is 6.92 Å². The number of allylic oxidation sites excluding steroid dienone is 1. The van der Waals surface area contributed by atoms with Crippen molar-refractivity contribution in [3.8, 4) is 0 Å². The van der Waals surface area contributed by atoms with Crippen molar-refractivity contribution in [2.75, 3.05) is 11.5 Å². The van der Waals surface area contributed by atoms with Crippen LogP contribution in [-0.4, -0.2) is 4.98 Å². The van der Waals surface area contributed by atoms with E-state index in [0.29, 0.717) is 11.5 Å². The van der Waals surface area contributed by atoms with Crippen LogP contribution in [-0.2, 0) is 0 Å².